The SMILES string of the molecule is C[N+]12CCC(C[Si](C)(C)C)(CC1)C2. The van der Waals surface area contributed by atoms with Crippen LogP contribution in [-0.4, -0.2) is 39.2 Å². The number of rotatable bonds is 2. The van der Waals surface area contributed by atoms with E-state index in [4.69, 9.17) is 0 Å². The first-order valence-electron chi connectivity index (χ1n) is 5.66. The van der Waals surface area contributed by atoms with Crippen LogP contribution in [0.2, 0.25) is 25.7 Å². The van der Waals surface area contributed by atoms with Crippen LogP contribution < -0.4 is 0 Å². The molecule has 0 aromatic rings. The molecule has 1 nitrogen and oxygen atoms in total. The molecule has 0 saturated carbocycles. The largest absolute Gasteiger partial charge is 0.326 e. The van der Waals surface area contributed by atoms with E-state index in [-0.39, 0.29) is 0 Å². The standard InChI is InChI=1S/C11H24NSi/c1-12-7-5-11(9-12,6-8-12)10-13(2,3)4/h5-10H2,1-4H3/q+1. The van der Waals surface area contributed by atoms with E-state index < -0.39 is 8.07 Å². The van der Waals surface area contributed by atoms with Crippen LogP contribution in [0.25, 0.3) is 0 Å². The molecule has 76 valence electrons. The van der Waals surface area contributed by atoms with E-state index in [0.29, 0.717) is 0 Å². The second-order valence-corrected chi connectivity index (χ2v) is 12.4. The van der Waals surface area contributed by atoms with Gasteiger partial charge in [-0.05, 0) is 6.04 Å². The van der Waals surface area contributed by atoms with E-state index in [0.717, 1.165) is 5.41 Å². The molecule has 2 bridgehead atoms. The van der Waals surface area contributed by atoms with Gasteiger partial charge < -0.3 is 4.48 Å². The smallest absolute Gasteiger partial charge is 0.0843 e. The van der Waals surface area contributed by atoms with Crippen LogP contribution in [-0.2, 0) is 0 Å². The van der Waals surface area contributed by atoms with Gasteiger partial charge in [-0.2, -0.15) is 0 Å². The van der Waals surface area contributed by atoms with Crippen molar-refractivity contribution in [1.82, 2.24) is 0 Å². The predicted molar refractivity (Wildman–Crippen MR) is 60.6 cm³/mol. The lowest BCUT2D eigenvalue weighted by Crippen LogP contribution is -2.38. The second kappa shape index (κ2) is 2.60. The average molecular weight is 198 g/mol. The first-order valence-corrected chi connectivity index (χ1v) is 9.37. The van der Waals surface area contributed by atoms with Gasteiger partial charge in [-0.1, -0.05) is 19.6 Å². The third-order valence-electron chi connectivity index (χ3n) is 3.99. The van der Waals surface area contributed by atoms with Crippen molar-refractivity contribution in [3.63, 3.8) is 0 Å². The van der Waals surface area contributed by atoms with Gasteiger partial charge in [-0.25, -0.2) is 0 Å². The van der Waals surface area contributed by atoms with E-state index in [1.54, 1.807) is 6.04 Å². The fraction of sp³-hybridized carbons (Fsp3) is 1.00. The molecular weight excluding hydrogens is 174 g/mol. The Morgan fingerprint density at radius 3 is 2.00 bits per heavy atom. The van der Waals surface area contributed by atoms with Gasteiger partial charge in [0.2, 0.25) is 0 Å². The zero-order chi connectivity index (χ0) is 9.74. The summed E-state index contributed by atoms with van der Waals surface area (Å²) in [6.07, 6.45) is 3.04. The molecule has 0 radical (unpaired) electrons. The van der Waals surface area contributed by atoms with E-state index in [1.807, 2.05) is 0 Å². The summed E-state index contributed by atoms with van der Waals surface area (Å²) in [6.45, 7) is 12.0. The molecule has 0 aliphatic carbocycles. The van der Waals surface area contributed by atoms with Gasteiger partial charge in [-0.3, -0.25) is 0 Å². The summed E-state index contributed by atoms with van der Waals surface area (Å²) < 4.78 is 1.39. The Bertz CT molecular complexity index is 209. The normalized spacial score (nSPS) is 44.3. The molecule has 2 rings (SSSR count). The molecule has 2 fully saturated rings. The highest BCUT2D eigenvalue weighted by Gasteiger charge is 2.54. The molecule has 2 saturated heterocycles. The van der Waals surface area contributed by atoms with Crippen molar-refractivity contribution in [3.05, 3.63) is 0 Å². The molecule has 0 N–H and O–H groups in total. The minimum absolute atomic E-state index is 0.791. The molecule has 2 aliphatic heterocycles. The maximum Gasteiger partial charge on any atom is 0.0843 e. The molecule has 0 amide bonds. The zero-order valence-electron chi connectivity index (χ0n) is 9.69. The summed E-state index contributed by atoms with van der Waals surface area (Å²) in [6, 6.07) is 1.58. The Kier molecular flexibility index (Phi) is 1.95. The Morgan fingerprint density at radius 1 is 1.15 bits per heavy atom. The Balaban J connectivity index is 2.08. The maximum atomic E-state index is 2.53. The average Bonchev–Trinajstić information content (AvgIpc) is 2.37. The fourth-order valence-electron chi connectivity index (χ4n) is 3.73. The Morgan fingerprint density at radius 2 is 1.69 bits per heavy atom. The minimum Gasteiger partial charge on any atom is -0.326 e. The van der Waals surface area contributed by atoms with Crippen molar-refractivity contribution in [2.45, 2.75) is 38.5 Å². The van der Waals surface area contributed by atoms with Crippen LogP contribution in [0, 0.1) is 5.41 Å². The van der Waals surface area contributed by atoms with Gasteiger partial charge in [-0.15, -0.1) is 0 Å². The summed E-state index contributed by atoms with van der Waals surface area (Å²) in [7, 11) is 1.63. The van der Waals surface area contributed by atoms with Crippen LogP contribution in [0.5, 0.6) is 0 Å². The van der Waals surface area contributed by atoms with Crippen LogP contribution in [0.1, 0.15) is 12.8 Å². The van der Waals surface area contributed by atoms with E-state index in [1.165, 1.54) is 37.0 Å². The number of piperidine rings is 1. The van der Waals surface area contributed by atoms with E-state index >= 15 is 0 Å². The van der Waals surface area contributed by atoms with Crippen molar-refractivity contribution in [2.24, 2.45) is 5.41 Å². The number of nitrogens with zero attached hydrogens (tertiary/aromatic N) is 1. The van der Waals surface area contributed by atoms with Crippen LogP contribution >= 0.6 is 0 Å². The minimum atomic E-state index is -0.832. The lowest BCUT2D eigenvalue weighted by atomic mass is 9.87. The molecule has 0 spiro atoms. The summed E-state index contributed by atoms with van der Waals surface area (Å²) in [5, 5.41) is 0. The molecule has 2 heterocycles. The third-order valence-corrected chi connectivity index (χ3v) is 5.80. The summed E-state index contributed by atoms with van der Waals surface area (Å²) in [4.78, 5) is 0. The monoisotopic (exact) mass is 198 g/mol. The van der Waals surface area contributed by atoms with Gasteiger partial charge in [0.05, 0.1) is 26.7 Å². The second-order valence-electron chi connectivity index (χ2n) is 6.96. The lowest BCUT2D eigenvalue weighted by molar-refractivity contribution is -0.890. The summed E-state index contributed by atoms with van der Waals surface area (Å²) >= 11 is 0. The molecular formula is C11H24NSi+. The topological polar surface area (TPSA) is 0 Å². The number of hydrogen-bond acceptors (Lipinski definition) is 0. The molecule has 0 aromatic heterocycles. The van der Waals surface area contributed by atoms with Gasteiger partial charge in [0, 0.05) is 26.3 Å². The van der Waals surface area contributed by atoms with Crippen molar-refractivity contribution < 1.29 is 4.48 Å². The van der Waals surface area contributed by atoms with Gasteiger partial charge in [0.1, 0.15) is 0 Å². The Hall–Kier alpha value is 0.177. The number of quaternary nitrogens is 1. The van der Waals surface area contributed by atoms with Crippen molar-refractivity contribution >= 4 is 8.07 Å². The predicted octanol–water partition coefficient (Wildman–Crippen LogP) is 2.57. The summed E-state index contributed by atoms with van der Waals surface area (Å²) in [5.74, 6) is 0. The molecule has 2 heteroatoms. The first kappa shape index (κ1) is 9.72. The molecule has 13 heavy (non-hydrogen) atoms. The zero-order valence-corrected chi connectivity index (χ0v) is 10.7. The van der Waals surface area contributed by atoms with Crippen LogP contribution in [0.4, 0.5) is 0 Å². The lowest BCUT2D eigenvalue weighted by Gasteiger charge is -2.29. The third kappa shape index (κ3) is 1.84. The molecule has 2 aliphatic rings. The maximum absolute atomic E-state index is 2.53. The highest BCUT2D eigenvalue weighted by molar-refractivity contribution is 6.76. The number of fused-ring (bicyclic) bond motifs is 2. The van der Waals surface area contributed by atoms with E-state index in [2.05, 4.69) is 26.7 Å². The number of hydrogen-bond donors (Lipinski definition) is 0. The summed E-state index contributed by atoms with van der Waals surface area (Å²) in [5.41, 5.74) is 0.791. The van der Waals surface area contributed by atoms with E-state index in [9.17, 15) is 0 Å². The highest BCUT2D eigenvalue weighted by atomic mass is 28.3. The van der Waals surface area contributed by atoms with Crippen molar-refractivity contribution in [1.29, 1.82) is 0 Å². The quantitative estimate of drug-likeness (QED) is 0.472. The van der Waals surface area contributed by atoms with Gasteiger partial charge in [0.15, 0.2) is 0 Å². The van der Waals surface area contributed by atoms with Crippen LogP contribution in [0.15, 0.2) is 0 Å². The Labute approximate surface area is 83.7 Å². The fourth-order valence-corrected chi connectivity index (χ4v) is 6.45. The van der Waals surface area contributed by atoms with Gasteiger partial charge >= 0.3 is 0 Å². The van der Waals surface area contributed by atoms with Crippen LogP contribution in [0.3, 0.4) is 0 Å². The molecule has 0 atom stereocenters. The van der Waals surface area contributed by atoms with Crippen molar-refractivity contribution in [2.75, 3.05) is 26.7 Å². The van der Waals surface area contributed by atoms with Gasteiger partial charge in [0.25, 0.3) is 0 Å². The molecule has 0 unspecified atom stereocenters. The molecule has 0 aromatic carbocycles. The highest BCUT2D eigenvalue weighted by Crippen LogP contribution is 2.49. The first-order chi connectivity index (χ1) is 5.83. The van der Waals surface area contributed by atoms with Crippen molar-refractivity contribution in [3.8, 4) is 0 Å².